The van der Waals surface area contributed by atoms with Crippen molar-refractivity contribution in [3.63, 3.8) is 0 Å². The van der Waals surface area contributed by atoms with Gasteiger partial charge in [0, 0.05) is 0 Å². The molecule has 0 radical (unpaired) electrons. The molecule has 0 heterocycles. The molecule has 0 saturated heterocycles. The van der Waals surface area contributed by atoms with E-state index in [0.717, 1.165) is 16.6 Å². The molecule has 3 heteroatoms. The van der Waals surface area contributed by atoms with Crippen LogP contribution in [0.2, 0.25) is 3.71 Å². The Morgan fingerprint density at radius 3 is 1.70 bits per heavy atom. The Balaban J connectivity index is 1.96. The van der Waals surface area contributed by atoms with Gasteiger partial charge >= 0.3 is 134 Å². The van der Waals surface area contributed by atoms with Gasteiger partial charge in [-0.15, -0.1) is 0 Å². The van der Waals surface area contributed by atoms with E-state index < -0.39 is 0 Å². The van der Waals surface area contributed by atoms with Crippen LogP contribution in [0.1, 0.15) is 19.3 Å². The van der Waals surface area contributed by atoms with Gasteiger partial charge in [-0.3, -0.25) is 0 Å². The molecule has 0 bridgehead atoms. The Bertz CT molecular complexity index is 431. The first-order valence-electron chi connectivity index (χ1n) is 6.93. The van der Waals surface area contributed by atoms with Crippen LogP contribution in [-0.4, -0.2) is 41.6 Å². The normalized spacial score (nSPS) is 10.9. The molecule has 0 aromatic heterocycles. The second kappa shape index (κ2) is 9.39. The molecule has 0 fully saturated rings. The molecule has 0 unspecified atom stereocenters. The van der Waals surface area contributed by atoms with Gasteiger partial charge < -0.3 is 0 Å². The van der Waals surface area contributed by atoms with Crippen molar-refractivity contribution in [3.05, 3.63) is 60.7 Å². The third-order valence-electron chi connectivity index (χ3n) is 2.87. The fraction of sp³-hybridized carbons (Fsp3) is 0.294. The molecule has 0 spiro atoms. The summed E-state index contributed by atoms with van der Waals surface area (Å²) in [6.45, 7) is 0.323. The second-order valence-electron chi connectivity index (χ2n) is 4.51. The van der Waals surface area contributed by atoms with Crippen molar-refractivity contribution in [2.45, 2.75) is 23.0 Å². The minimum absolute atomic E-state index is 0.323. The van der Waals surface area contributed by atoms with Gasteiger partial charge in [0.1, 0.15) is 0 Å². The van der Waals surface area contributed by atoms with E-state index in [1.54, 1.807) is 0 Å². The number of unbranched alkanes of at least 4 members (excludes halogenated alkanes) is 1. The fourth-order valence-corrected chi connectivity index (χ4v) is 8.70. The summed E-state index contributed by atoms with van der Waals surface area (Å²) in [5.41, 5.74) is 0. The maximum atomic E-state index is 8.97. The Morgan fingerprint density at radius 1 is 0.750 bits per heavy atom. The molecule has 0 aliphatic carbocycles. The molecule has 0 amide bonds. The number of benzene rings is 2. The van der Waals surface area contributed by atoms with Crippen LogP contribution in [0.3, 0.4) is 0 Å². The summed E-state index contributed by atoms with van der Waals surface area (Å²) in [6, 6.07) is 21.7. The van der Waals surface area contributed by atoms with E-state index in [0.29, 0.717) is 36.5 Å². The van der Waals surface area contributed by atoms with Crippen molar-refractivity contribution in [1.82, 2.24) is 0 Å². The van der Waals surface area contributed by atoms with Gasteiger partial charge in [0.25, 0.3) is 0 Å². The number of hydrogen-bond donors (Lipinski definition) is 1. The average molecular weight is 398 g/mol. The molecule has 1 N–H and O–H groups in total. The van der Waals surface area contributed by atoms with E-state index in [4.69, 9.17) is 5.11 Å². The van der Waals surface area contributed by atoms with Crippen molar-refractivity contribution < 1.29 is 5.11 Å². The summed E-state index contributed by atoms with van der Waals surface area (Å²) < 4.78 is 3.77. The molecule has 1 nitrogen and oxygen atoms in total. The minimum atomic E-state index is 0.323. The standard InChI is InChI=1S/C17H20OSe2/c18-14-8-7-13-17(19-15-9-3-1-4-10-15)20-16-11-5-2-6-12-16/h1-6,9-12,17-18H,7-8,13-14H2. The van der Waals surface area contributed by atoms with Crippen molar-refractivity contribution in [3.8, 4) is 0 Å². The van der Waals surface area contributed by atoms with Gasteiger partial charge in [-0.05, 0) is 0 Å². The molecular weight excluding hydrogens is 378 g/mol. The summed E-state index contributed by atoms with van der Waals surface area (Å²) in [7, 11) is 0. The average Bonchev–Trinajstić information content (AvgIpc) is 2.49. The van der Waals surface area contributed by atoms with Crippen molar-refractivity contribution in [2.24, 2.45) is 0 Å². The SMILES string of the molecule is OCCCCC([Se]c1ccccc1)[Se]c1ccccc1. The summed E-state index contributed by atoms with van der Waals surface area (Å²) in [5.74, 6) is 0. The van der Waals surface area contributed by atoms with Gasteiger partial charge in [0.15, 0.2) is 0 Å². The molecule has 0 aliphatic heterocycles. The summed E-state index contributed by atoms with van der Waals surface area (Å²) in [6.07, 6.45) is 3.32. The third kappa shape index (κ3) is 5.83. The van der Waals surface area contributed by atoms with Gasteiger partial charge in [0.05, 0.1) is 0 Å². The van der Waals surface area contributed by atoms with E-state index in [-0.39, 0.29) is 0 Å². The quantitative estimate of drug-likeness (QED) is 0.533. The zero-order chi connectivity index (χ0) is 14.0. The first-order valence-corrected chi connectivity index (χ1v) is 10.6. The number of aliphatic hydroxyl groups excluding tert-OH is 1. The molecule has 0 atom stereocenters. The molecule has 20 heavy (non-hydrogen) atoms. The van der Waals surface area contributed by atoms with Crippen molar-refractivity contribution in [1.29, 1.82) is 0 Å². The second-order valence-corrected chi connectivity index (χ2v) is 11.4. The Morgan fingerprint density at radius 2 is 1.25 bits per heavy atom. The molecule has 106 valence electrons. The number of aliphatic hydroxyl groups is 1. The summed E-state index contributed by atoms with van der Waals surface area (Å²) in [5, 5.41) is 8.97. The monoisotopic (exact) mass is 400 g/mol. The third-order valence-corrected chi connectivity index (χ3v) is 9.34. The Kier molecular flexibility index (Phi) is 7.43. The summed E-state index contributed by atoms with van der Waals surface area (Å²) >= 11 is 1.07. The van der Waals surface area contributed by atoms with Crippen LogP contribution in [0.25, 0.3) is 0 Å². The molecule has 2 rings (SSSR count). The maximum absolute atomic E-state index is 8.97. The molecule has 2 aromatic rings. The van der Waals surface area contributed by atoms with Crippen LogP contribution in [-0.2, 0) is 0 Å². The fourth-order valence-electron chi connectivity index (χ4n) is 1.87. The first kappa shape index (κ1) is 15.8. The van der Waals surface area contributed by atoms with E-state index in [1.165, 1.54) is 15.3 Å². The van der Waals surface area contributed by atoms with Gasteiger partial charge in [-0.25, -0.2) is 0 Å². The van der Waals surface area contributed by atoms with Crippen LogP contribution in [0.5, 0.6) is 0 Å². The van der Waals surface area contributed by atoms with Crippen LogP contribution < -0.4 is 8.92 Å². The van der Waals surface area contributed by atoms with Crippen LogP contribution in [0, 0.1) is 0 Å². The molecule has 0 aliphatic rings. The summed E-state index contributed by atoms with van der Waals surface area (Å²) in [4.78, 5) is 0. The van der Waals surface area contributed by atoms with E-state index in [9.17, 15) is 0 Å². The van der Waals surface area contributed by atoms with Gasteiger partial charge in [-0.2, -0.15) is 0 Å². The van der Waals surface area contributed by atoms with Crippen LogP contribution in [0.15, 0.2) is 60.7 Å². The van der Waals surface area contributed by atoms with Crippen LogP contribution >= 0.6 is 0 Å². The Labute approximate surface area is 134 Å². The molecule has 0 saturated carbocycles. The van der Waals surface area contributed by atoms with E-state index in [1.807, 2.05) is 0 Å². The number of rotatable bonds is 8. The van der Waals surface area contributed by atoms with Crippen molar-refractivity contribution >= 4 is 38.8 Å². The number of hydrogen-bond acceptors (Lipinski definition) is 1. The van der Waals surface area contributed by atoms with Crippen LogP contribution in [0.4, 0.5) is 0 Å². The van der Waals surface area contributed by atoms with Gasteiger partial charge in [0.2, 0.25) is 0 Å². The first-order chi connectivity index (χ1) is 9.88. The zero-order valence-corrected chi connectivity index (χ0v) is 14.9. The molecular formula is C17H20OSe2. The van der Waals surface area contributed by atoms with Crippen molar-refractivity contribution in [2.75, 3.05) is 6.61 Å². The topological polar surface area (TPSA) is 20.2 Å². The van der Waals surface area contributed by atoms with E-state index in [2.05, 4.69) is 60.7 Å². The predicted octanol–water partition coefficient (Wildman–Crippen LogP) is 1.95. The Hall–Kier alpha value is -0.561. The predicted molar refractivity (Wildman–Crippen MR) is 88.3 cm³/mol. The zero-order valence-electron chi connectivity index (χ0n) is 11.4. The van der Waals surface area contributed by atoms with Gasteiger partial charge in [-0.1, -0.05) is 0 Å². The molecule has 2 aromatic carbocycles. The van der Waals surface area contributed by atoms with E-state index >= 15 is 0 Å².